The number of rotatable bonds is 2. The maximum absolute atomic E-state index is 8.58. The highest BCUT2D eigenvalue weighted by Crippen LogP contribution is 2.08. The molecule has 1 heterocycles. The Hall–Kier alpha value is -1.49. The van der Waals surface area contributed by atoms with Crippen molar-refractivity contribution < 1.29 is 4.42 Å². The van der Waals surface area contributed by atoms with Crippen LogP contribution >= 0.6 is 0 Å². The lowest BCUT2D eigenvalue weighted by molar-refractivity contribution is 0.567. The van der Waals surface area contributed by atoms with E-state index in [2.05, 4.69) is 6.07 Å². The van der Waals surface area contributed by atoms with Crippen LogP contribution in [-0.4, -0.2) is 0 Å². The summed E-state index contributed by atoms with van der Waals surface area (Å²) in [5, 5.41) is 8.58. The molecule has 11 heavy (non-hydrogen) atoms. The Kier molecular flexibility index (Phi) is 2.51. The fraction of sp³-hybridized carbons (Fsp3) is 0.222. The molecule has 56 valence electrons. The van der Waals surface area contributed by atoms with Crippen LogP contribution in [0.4, 0.5) is 0 Å². The number of nitrogens with zero attached hydrogens (tertiary/aromatic N) is 1. The van der Waals surface area contributed by atoms with Crippen LogP contribution in [-0.2, 0) is 0 Å². The van der Waals surface area contributed by atoms with Crippen molar-refractivity contribution in [2.75, 3.05) is 0 Å². The van der Waals surface area contributed by atoms with Gasteiger partial charge in [0, 0.05) is 11.1 Å². The van der Waals surface area contributed by atoms with E-state index in [0.29, 0.717) is 0 Å². The summed E-state index contributed by atoms with van der Waals surface area (Å²) >= 11 is 0. The first kappa shape index (κ1) is 7.62. The van der Waals surface area contributed by atoms with E-state index in [4.69, 9.17) is 9.68 Å². The molecule has 0 N–H and O–H groups in total. The third-order valence-corrected chi connectivity index (χ3v) is 1.41. The maximum Gasteiger partial charge on any atom is 0.0975 e. The zero-order valence-electron chi connectivity index (χ0n) is 6.37. The van der Waals surface area contributed by atoms with Gasteiger partial charge in [0.05, 0.1) is 18.6 Å². The van der Waals surface area contributed by atoms with Crippen molar-refractivity contribution >= 4 is 6.08 Å². The van der Waals surface area contributed by atoms with E-state index >= 15 is 0 Å². The molecule has 0 radical (unpaired) electrons. The van der Waals surface area contributed by atoms with Gasteiger partial charge in [-0.1, -0.05) is 6.92 Å². The maximum atomic E-state index is 8.58. The van der Waals surface area contributed by atoms with Crippen molar-refractivity contribution in [2.45, 2.75) is 13.3 Å². The summed E-state index contributed by atoms with van der Waals surface area (Å²) in [6, 6.07) is 3.94. The Bertz CT molecular complexity index is 277. The Balaban J connectivity index is 2.81. The minimum absolute atomic E-state index is 0.766. The molecule has 2 heteroatoms. The molecular formula is C9H9NO. The van der Waals surface area contributed by atoms with Crippen LogP contribution in [0.1, 0.15) is 18.9 Å². The van der Waals surface area contributed by atoms with Crippen LogP contribution in [0.25, 0.3) is 6.08 Å². The third kappa shape index (κ3) is 1.98. The standard InChI is InChI=1S/C9H9NO/c1-2-8(6-10)5-9-3-4-11-7-9/h3-5,7H,2H2,1H3/b8-5-. The molecule has 0 fully saturated rings. The Labute approximate surface area is 65.8 Å². The molecule has 0 amide bonds. The van der Waals surface area contributed by atoms with Crippen LogP contribution in [0, 0.1) is 11.3 Å². The van der Waals surface area contributed by atoms with Gasteiger partial charge >= 0.3 is 0 Å². The monoisotopic (exact) mass is 147 g/mol. The summed E-state index contributed by atoms with van der Waals surface area (Å²) in [6.45, 7) is 1.95. The van der Waals surface area contributed by atoms with Crippen molar-refractivity contribution in [1.82, 2.24) is 0 Å². The molecule has 1 rings (SSSR count). The second-order valence-corrected chi connectivity index (χ2v) is 2.19. The van der Waals surface area contributed by atoms with Gasteiger partial charge in [-0.2, -0.15) is 5.26 Å². The highest BCUT2D eigenvalue weighted by molar-refractivity contribution is 5.55. The van der Waals surface area contributed by atoms with Crippen molar-refractivity contribution in [2.24, 2.45) is 0 Å². The Morgan fingerprint density at radius 3 is 3.09 bits per heavy atom. The van der Waals surface area contributed by atoms with Gasteiger partial charge in [0.25, 0.3) is 0 Å². The molecule has 0 spiro atoms. The zero-order chi connectivity index (χ0) is 8.10. The van der Waals surface area contributed by atoms with Gasteiger partial charge in [-0.15, -0.1) is 0 Å². The first-order valence-corrected chi connectivity index (χ1v) is 3.49. The molecule has 0 saturated heterocycles. The highest BCUT2D eigenvalue weighted by atomic mass is 16.3. The third-order valence-electron chi connectivity index (χ3n) is 1.41. The molecule has 0 aliphatic heterocycles. The van der Waals surface area contributed by atoms with Gasteiger partial charge in [0.15, 0.2) is 0 Å². The first-order valence-electron chi connectivity index (χ1n) is 3.49. The molecule has 0 unspecified atom stereocenters. The fourth-order valence-electron chi connectivity index (χ4n) is 0.772. The van der Waals surface area contributed by atoms with Gasteiger partial charge in [-0.05, 0) is 18.6 Å². The van der Waals surface area contributed by atoms with E-state index in [0.717, 1.165) is 17.6 Å². The van der Waals surface area contributed by atoms with Crippen LogP contribution < -0.4 is 0 Å². The van der Waals surface area contributed by atoms with Crippen LogP contribution in [0.5, 0.6) is 0 Å². The summed E-state index contributed by atoms with van der Waals surface area (Å²) in [4.78, 5) is 0. The summed E-state index contributed by atoms with van der Waals surface area (Å²) in [7, 11) is 0. The molecule has 0 aromatic carbocycles. The molecule has 0 aliphatic carbocycles. The summed E-state index contributed by atoms with van der Waals surface area (Å²) in [5.74, 6) is 0. The minimum atomic E-state index is 0.766. The minimum Gasteiger partial charge on any atom is -0.472 e. The smallest absolute Gasteiger partial charge is 0.0975 e. The SMILES string of the molecule is CC/C(C#N)=C/c1ccoc1. The lowest BCUT2D eigenvalue weighted by Crippen LogP contribution is -1.73. The predicted octanol–water partition coefficient (Wildman–Crippen LogP) is 2.60. The molecule has 0 atom stereocenters. The van der Waals surface area contributed by atoms with Crippen LogP contribution in [0.15, 0.2) is 28.6 Å². The van der Waals surface area contributed by atoms with E-state index in [1.165, 1.54) is 0 Å². The van der Waals surface area contributed by atoms with E-state index < -0.39 is 0 Å². The average molecular weight is 147 g/mol. The van der Waals surface area contributed by atoms with Gasteiger partial charge in [0.1, 0.15) is 0 Å². The second kappa shape index (κ2) is 3.62. The van der Waals surface area contributed by atoms with E-state index in [-0.39, 0.29) is 0 Å². The zero-order valence-corrected chi connectivity index (χ0v) is 6.37. The highest BCUT2D eigenvalue weighted by Gasteiger charge is 1.92. The lowest BCUT2D eigenvalue weighted by Gasteiger charge is -1.87. The second-order valence-electron chi connectivity index (χ2n) is 2.19. The van der Waals surface area contributed by atoms with Crippen molar-refractivity contribution in [3.8, 4) is 6.07 Å². The normalized spacial score (nSPS) is 11.1. The van der Waals surface area contributed by atoms with Crippen molar-refractivity contribution in [1.29, 1.82) is 5.26 Å². The average Bonchev–Trinajstić information content (AvgIpc) is 2.52. The number of hydrogen-bond acceptors (Lipinski definition) is 2. The Morgan fingerprint density at radius 1 is 1.82 bits per heavy atom. The fourth-order valence-corrected chi connectivity index (χ4v) is 0.772. The van der Waals surface area contributed by atoms with Crippen LogP contribution in [0.2, 0.25) is 0 Å². The topological polar surface area (TPSA) is 36.9 Å². The number of nitriles is 1. The molecular weight excluding hydrogens is 138 g/mol. The Morgan fingerprint density at radius 2 is 2.64 bits per heavy atom. The lowest BCUT2D eigenvalue weighted by atomic mass is 10.1. The molecule has 0 bridgehead atoms. The quantitative estimate of drug-likeness (QED) is 0.603. The van der Waals surface area contributed by atoms with Crippen molar-refractivity contribution in [3.63, 3.8) is 0 Å². The van der Waals surface area contributed by atoms with E-state index in [1.54, 1.807) is 12.5 Å². The van der Waals surface area contributed by atoms with Crippen LogP contribution in [0.3, 0.4) is 0 Å². The number of allylic oxidation sites excluding steroid dienone is 1. The summed E-state index contributed by atoms with van der Waals surface area (Å²) in [5.41, 5.74) is 1.72. The largest absolute Gasteiger partial charge is 0.472 e. The molecule has 1 aromatic rings. The number of furan rings is 1. The van der Waals surface area contributed by atoms with E-state index in [1.807, 2.05) is 19.1 Å². The van der Waals surface area contributed by atoms with Gasteiger partial charge < -0.3 is 4.42 Å². The van der Waals surface area contributed by atoms with Crippen molar-refractivity contribution in [3.05, 3.63) is 29.7 Å². The summed E-state index contributed by atoms with van der Waals surface area (Å²) in [6.07, 6.45) is 5.80. The first-order chi connectivity index (χ1) is 5.36. The van der Waals surface area contributed by atoms with Gasteiger partial charge in [-0.3, -0.25) is 0 Å². The predicted molar refractivity (Wildman–Crippen MR) is 42.6 cm³/mol. The summed E-state index contributed by atoms with van der Waals surface area (Å²) < 4.78 is 4.85. The van der Waals surface area contributed by atoms with Gasteiger partial charge in [0.2, 0.25) is 0 Å². The van der Waals surface area contributed by atoms with Gasteiger partial charge in [-0.25, -0.2) is 0 Å². The molecule has 0 saturated carbocycles. The molecule has 1 aromatic heterocycles. The van der Waals surface area contributed by atoms with E-state index in [9.17, 15) is 0 Å². The number of hydrogen-bond donors (Lipinski definition) is 0. The molecule has 0 aliphatic rings. The molecule has 2 nitrogen and oxygen atoms in total.